The molecule has 4 amide bonds. The fraction of sp³-hybridized carbons (Fsp3) is 0.250. The molecule has 1 aliphatic heterocycles. The first-order chi connectivity index (χ1) is 14.0. The number of carbonyl (C=O) groups is 3. The second kappa shape index (κ2) is 9.29. The van der Waals surface area contributed by atoms with Gasteiger partial charge in [0, 0.05) is 22.9 Å². The van der Waals surface area contributed by atoms with Gasteiger partial charge in [-0.3, -0.25) is 14.5 Å². The molecule has 29 heavy (non-hydrogen) atoms. The molecule has 0 bridgehead atoms. The van der Waals surface area contributed by atoms with Crippen molar-refractivity contribution in [3.05, 3.63) is 47.5 Å². The average Bonchev–Trinajstić information content (AvgIpc) is 2.70. The predicted molar refractivity (Wildman–Crippen MR) is 112 cm³/mol. The van der Waals surface area contributed by atoms with E-state index in [-0.39, 0.29) is 25.0 Å². The van der Waals surface area contributed by atoms with E-state index >= 15 is 0 Å². The first kappa shape index (κ1) is 20.5. The van der Waals surface area contributed by atoms with Crippen LogP contribution in [0.15, 0.2) is 42.5 Å². The number of nitrogens with one attached hydrogen (secondary N) is 3. The molecule has 0 fully saturated rings. The van der Waals surface area contributed by atoms with Crippen LogP contribution in [0.25, 0.3) is 0 Å². The third-order valence-corrected chi connectivity index (χ3v) is 4.39. The number of ether oxygens (including phenoxy) is 1. The first-order valence-corrected chi connectivity index (χ1v) is 9.51. The van der Waals surface area contributed by atoms with Gasteiger partial charge in [-0.15, -0.1) is 0 Å². The van der Waals surface area contributed by atoms with Crippen molar-refractivity contribution in [2.24, 2.45) is 0 Å². The number of rotatable bonds is 6. The second-order valence-electron chi connectivity index (χ2n) is 6.39. The Balaban J connectivity index is 1.72. The summed E-state index contributed by atoms with van der Waals surface area (Å²) in [7, 11) is 0. The van der Waals surface area contributed by atoms with Crippen LogP contribution in [0.5, 0.6) is 5.75 Å². The maximum atomic E-state index is 12.3. The molecule has 0 spiro atoms. The van der Waals surface area contributed by atoms with E-state index in [9.17, 15) is 14.4 Å². The van der Waals surface area contributed by atoms with Gasteiger partial charge in [0.1, 0.15) is 12.3 Å². The lowest BCUT2D eigenvalue weighted by molar-refractivity contribution is -0.125. The minimum absolute atomic E-state index is 0.115. The third-order valence-electron chi connectivity index (χ3n) is 4.14. The number of nitrogens with zero attached hydrogens (tertiary/aromatic N) is 1. The smallest absolute Gasteiger partial charge is 0.323 e. The van der Waals surface area contributed by atoms with E-state index in [4.69, 9.17) is 16.3 Å². The Morgan fingerprint density at radius 2 is 1.79 bits per heavy atom. The van der Waals surface area contributed by atoms with Crippen molar-refractivity contribution in [2.75, 3.05) is 35.2 Å². The summed E-state index contributed by atoms with van der Waals surface area (Å²) in [6.07, 6.45) is 0.802. The Hall–Kier alpha value is -3.26. The van der Waals surface area contributed by atoms with Crippen molar-refractivity contribution in [3.63, 3.8) is 0 Å². The fourth-order valence-electron chi connectivity index (χ4n) is 2.74. The van der Waals surface area contributed by atoms with Crippen molar-refractivity contribution in [3.8, 4) is 5.75 Å². The number of amides is 4. The lowest BCUT2D eigenvalue weighted by Gasteiger charge is -2.29. The van der Waals surface area contributed by atoms with Crippen molar-refractivity contribution in [1.82, 2.24) is 5.32 Å². The molecule has 1 heterocycles. The summed E-state index contributed by atoms with van der Waals surface area (Å²) in [6.45, 7) is 2.23. The fourth-order valence-corrected chi connectivity index (χ4v) is 2.87. The molecule has 0 radical (unpaired) electrons. The number of anilines is 3. The standard InChI is InChI=1S/C20H21ClN4O4/c1-2-9-22-18(26)11-25-16-10-15(7-8-17(16)29-12-19(25)27)24-20(28)23-14-5-3-13(21)4-6-14/h3-8,10H,2,9,11-12H2,1H3,(H,22,26)(H2,23,24,28). The molecule has 2 aromatic carbocycles. The Morgan fingerprint density at radius 3 is 2.52 bits per heavy atom. The number of benzene rings is 2. The highest BCUT2D eigenvalue weighted by molar-refractivity contribution is 6.30. The molecule has 0 aromatic heterocycles. The molecule has 2 aromatic rings. The maximum absolute atomic E-state index is 12.3. The summed E-state index contributed by atoms with van der Waals surface area (Å²) >= 11 is 5.83. The Kier molecular flexibility index (Phi) is 6.56. The minimum Gasteiger partial charge on any atom is -0.482 e. The highest BCUT2D eigenvalue weighted by Crippen LogP contribution is 2.34. The lowest BCUT2D eigenvalue weighted by atomic mass is 10.2. The van der Waals surface area contributed by atoms with Gasteiger partial charge in [-0.05, 0) is 48.9 Å². The highest BCUT2D eigenvalue weighted by atomic mass is 35.5. The van der Waals surface area contributed by atoms with Crippen molar-refractivity contribution in [1.29, 1.82) is 0 Å². The van der Waals surface area contributed by atoms with Crippen LogP contribution in [0.2, 0.25) is 5.02 Å². The van der Waals surface area contributed by atoms with Gasteiger partial charge in [-0.2, -0.15) is 0 Å². The van der Waals surface area contributed by atoms with Gasteiger partial charge in [0.2, 0.25) is 5.91 Å². The van der Waals surface area contributed by atoms with Gasteiger partial charge in [0.15, 0.2) is 6.61 Å². The molecule has 152 valence electrons. The van der Waals surface area contributed by atoms with E-state index in [0.29, 0.717) is 34.4 Å². The molecular formula is C20H21ClN4O4. The van der Waals surface area contributed by atoms with E-state index in [2.05, 4.69) is 16.0 Å². The van der Waals surface area contributed by atoms with Crippen LogP contribution in [0.4, 0.5) is 21.9 Å². The number of hydrogen-bond donors (Lipinski definition) is 3. The van der Waals surface area contributed by atoms with Crippen LogP contribution in [-0.4, -0.2) is 37.5 Å². The third kappa shape index (κ3) is 5.39. The zero-order valence-corrected chi connectivity index (χ0v) is 16.6. The summed E-state index contributed by atoms with van der Waals surface area (Å²) in [5.41, 5.74) is 1.46. The summed E-state index contributed by atoms with van der Waals surface area (Å²) in [5, 5.41) is 8.70. The van der Waals surface area contributed by atoms with Gasteiger partial charge >= 0.3 is 6.03 Å². The van der Waals surface area contributed by atoms with Crippen LogP contribution < -0.4 is 25.6 Å². The number of hydrogen-bond acceptors (Lipinski definition) is 4. The van der Waals surface area contributed by atoms with Crippen molar-refractivity contribution < 1.29 is 19.1 Å². The minimum atomic E-state index is -0.456. The average molecular weight is 417 g/mol. The van der Waals surface area contributed by atoms with Crippen LogP contribution in [0.3, 0.4) is 0 Å². The number of urea groups is 1. The van der Waals surface area contributed by atoms with Crippen molar-refractivity contribution in [2.45, 2.75) is 13.3 Å². The Bertz CT molecular complexity index is 917. The number of carbonyl (C=O) groups excluding carboxylic acids is 3. The second-order valence-corrected chi connectivity index (χ2v) is 6.82. The number of halogens is 1. The van der Waals surface area contributed by atoms with Gasteiger partial charge in [-0.25, -0.2) is 4.79 Å². The normalized spacial score (nSPS) is 12.6. The summed E-state index contributed by atoms with van der Waals surface area (Å²) in [4.78, 5) is 38.0. The molecule has 9 heteroatoms. The Labute approximate surface area is 173 Å². The van der Waals surface area contributed by atoms with Crippen LogP contribution >= 0.6 is 11.6 Å². The topological polar surface area (TPSA) is 99.8 Å². The molecule has 0 saturated carbocycles. The van der Waals surface area contributed by atoms with E-state index in [1.807, 2.05) is 6.92 Å². The van der Waals surface area contributed by atoms with Gasteiger partial charge in [0.25, 0.3) is 5.91 Å². The van der Waals surface area contributed by atoms with Crippen LogP contribution in [0, 0.1) is 0 Å². The molecule has 0 unspecified atom stereocenters. The predicted octanol–water partition coefficient (Wildman–Crippen LogP) is 3.24. The first-order valence-electron chi connectivity index (χ1n) is 9.13. The Morgan fingerprint density at radius 1 is 1.10 bits per heavy atom. The largest absolute Gasteiger partial charge is 0.482 e. The molecule has 0 saturated heterocycles. The number of fused-ring (bicyclic) bond motifs is 1. The zero-order chi connectivity index (χ0) is 20.8. The van der Waals surface area contributed by atoms with E-state index < -0.39 is 6.03 Å². The SMILES string of the molecule is CCCNC(=O)CN1C(=O)COc2ccc(NC(=O)Nc3ccc(Cl)cc3)cc21. The van der Waals surface area contributed by atoms with E-state index in [0.717, 1.165) is 6.42 Å². The lowest BCUT2D eigenvalue weighted by Crippen LogP contribution is -2.45. The van der Waals surface area contributed by atoms with Crippen LogP contribution in [-0.2, 0) is 9.59 Å². The molecular weight excluding hydrogens is 396 g/mol. The molecule has 8 nitrogen and oxygen atoms in total. The van der Waals surface area contributed by atoms with Crippen molar-refractivity contribution >= 4 is 46.5 Å². The van der Waals surface area contributed by atoms with Gasteiger partial charge < -0.3 is 20.7 Å². The zero-order valence-electron chi connectivity index (χ0n) is 15.8. The van der Waals surface area contributed by atoms with Gasteiger partial charge in [-0.1, -0.05) is 18.5 Å². The molecule has 0 atom stereocenters. The van der Waals surface area contributed by atoms with Gasteiger partial charge in [0.05, 0.1) is 5.69 Å². The summed E-state index contributed by atoms with van der Waals surface area (Å²) < 4.78 is 5.43. The summed E-state index contributed by atoms with van der Waals surface area (Å²) in [5.74, 6) is -0.115. The quantitative estimate of drug-likeness (QED) is 0.673. The highest BCUT2D eigenvalue weighted by Gasteiger charge is 2.27. The van der Waals surface area contributed by atoms with Crippen LogP contribution in [0.1, 0.15) is 13.3 Å². The summed E-state index contributed by atoms with van der Waals surface area (Å²) in [6, 6.07) is 11.1. The molecule has 1 aliphatic rings. The molecule has 0 aliphatic carbocycles. The monoisotopic (exact) mass is 416 g/mol. The molecule has 3 N–H and O–H groups in total. The van der Waals surface area contributed by atoms with E-state index in [1.54, 1.807) is 42.5 Å². The maximum Gasteiger partial charge on any atom is 0.323 e. The van der Waals surface area contributed by atoms with E-state index in [1.165, 1.54) is 4.90 Å². The molecule has 3 rings (SSSR count).